The fourth-order valence-corrected chi connectivity index (χ4v) is 2.60. The molecular weight excluding hydrogens is 302 g/mol. The van der Waals surface area contributed by atoms with E-state index in [-0.39, 0.29) is 18.1 Å². The summed E-state index contributed by atoms with van der Waals surface area (Å²) < 4.78 is 7.04. The van der Waals surface area contributed by atoms with Crippen molar-refractivity contribution in [1.29, 1.82) is 0 Å². The minimum absolute atomic E-state index is 0.102. The van der Waals surface area contributed by atoms with Gasteiger partial charge in [0.15, 0.2) is 11.7 Å². The van der Waals surface area contributed by atoms with E-state index in [2.05, 4.69) is 10.3 Å². The summed E-state index contributed by atoms with van der Waals surface area (Å²) in [6.45, 7) is -0.145. The number of nitrogens with one attached hydrogen (secondary N) is 1. The smallest absolute Gasteiger partial charge is 0.264 e. The molecule has 0 radical (unpaired) electrons. The van der Waals surface area contributed by atoms with E-state index in [1.165, 1.54) is 15.9 Å². The zero-order valence-electron chi connectivity index (χ0n) is 11.8. The molecule has 3 aromatic rings. The van der Waals surface area contributed by atoms with E-state index in [0.717, 1.165) is 0 Å². The maximum absolute atomic E-state index is 12.1. The Morgan fingerprint density at radius 3 is 3.00 bits per heavy atom. The van der Waals surface area contributed by atoms with E-state index in [1.54, 1.807) is 49.1 Å². The number of hydrogen-bond donors (Lipinski definition) is 1. The van der Waals surface area contributed by atoms with Crippen molar-refractivity contribution in [2.24, 2.45) is 7.05 Å². The van der Waals surface area contributed by atoms with Gasteiger partial charge in [0.25, 0.3) is 11.5 Å². The molecule has 0 spiro atoms. The fourth-order valence-electron chi connectivity index (χ4n) is 2.06. The van der Waals surface area contributed by atoms with Crippen molar-refractivity contribution in [3.8, 4) is 5.75 Å². The van der Waals surface area contributed by atoms with Gasteiger partial charge in [0.2, 0.25) is 0 Å². The molecule has 0 saturated carbocycles. The van der Waals surface area contributed by atoms with Crippen molar-refractivity contribution in [2.45, 2.75) is 0 Å². The normalized spacial score (nSPS) is 10.6. The van der Waals surface area contributed by atoms with Crippen molar-refractivity contribution >= 4 is 33.1 Å². The molecule has 0 fully saturated rings. The second kappa shape index (κ2) is 5.98. The van der Waals surface area contributed by atoms with Crippen LogP contribution in [0.25, 0.3) is 10.8 Å². The Bertz CT molecular complexity index is 871. The Balaban J connectivity index is 1.78. The first-order valence-corrected chi connectivity index (χ1v) is 7.43. The second-order valence-electron chi connectivity index (χ2n) is 4.62. The molecule has 1 aromatic carbocycles. The minimum Gasteiger partial charge on any atom is -0.483 e. The van der Waals surface area contributed by atoms with Gasteiger partial charge in [0.05, 0.1) is 5.39 Å². The Morgan fingerprint density at radius 2 is 2.23 bits per heavy atom. The van der Waals surface area contributed by atoms with E-state index in [1.807, 2.05) is 0 Å². The molecule has 0 bridgehead atoms. The number of ether oxygens (including phenoxy) is 1. The number of anilines is 1. The largest absolute Gasteiger partial charge is 0.483 e. The minimum atomic E-state index is -0.296. The summed E-state index contributed by atoms with van der Waals surface area (Å²) in [5.74, 6) is 0.209. The van der Waals surface area contributed by atoms with Crippen molar-refractivity contribution in [2.75, 3.05) is 11.9 Å². The molecule has 3 rings (SSSR count). The third-order valence-corrected chi connectivity index (χ3v) is 3.81. The lowest BCUT2D eigenvalue weighted by atomic mass is 10.1. The number of carbonyl (C=O) groups excluding carboxylic acids is 1. The van der Waals surface area contributed by atoms with Crippen molar-refractivity contribution in [3.63, 3.8) is 0 Å². The highest BCUT2D eigenvalue weighted by molar-refractivity contribution is 7.13. The molecule has 6 nitrogen and oxygen atoms in total. The van der Waals surface area contributed by atoms with Gasteiger partial charge in [-0.2, -0.15) is 0 Å². The number of aryl methyl sites for hydroxylation is 1. The number of benzene rings is 1. The van der Waals surface area contributed by atoms with E-state index in [9.17, 15) is 9.59 Å². The highest BCUT2D eigenvalue weighted by Gasteiger charge is 2.09. The van der Waals surface area contributed by atoms with Crippen LogP contribution in [0, 0.1) is 0 Å². The predicted molar refractivity (Wildman–Crippen MR) is 85.4 cm³/mol. The number of fused-ring (bicyclic) bond motifs is 1. The van der Waals surface area contributed by atoms with Gasteiger partial charge in [-0.15, -0.1) is 11.3 Å². The lowest BCUT2D eigenvalue weighted by molar-refractivity contribution is -0.118. The lowest BCUT2D eigenvalue weighted by Crippen LogP contribution is -2.20. The molecule has 0 saturated heterocycles. The number of rotatable bonds is 4. The third-order valence-electron chi connectivity index (χ3n) is 3.12. The summed E-state index contributed by atoms with van der Waals surface area (Å²) in [7, 11) is 1.69. The monoisotopic (exact) mass is 315 g/mol. The van der Waals surface area contributed by atoms with Gasteiger partial charge in [0, 0.05) is 30.2 Å². The molecule has 22 heavy (non-hydrogen) atoms. The average Bonchev–Trinajstić information content (AvgIpc) is 3.02. The first-order chi connectivity index (χ1) is 10.6. The lowest BCUT2D eigenvalue weighted by Gasteiger charge is -2.09. The number of hydrogen-bond acceptors (Lipinski definition) is 5. The van der Waals surface area contributed by atoms with Gasteiger partial charge < -0.3 is 9.30 Å². The zero-order chi connectivity index (χ0) is 15.5. The van der Waals surface area contributed by atoms with Crippen LogP contribution in [0.1, 0.15) is 0 Å². The van der Waals surface area contributed by atoms with E-state index in [0.29, 0.717) is 21.7 Å². The van der Waals surface area contributed by atoms with Crippen LogP contribution in [0.5, 0.6) is 5.75 Å². The number of pyridine rings is 1. The van der Waals surface area contributed by atoms with Crippen molar-refractivity contribution < 1.29 is 9.53 Å². The summed E-state index contributed by atoms with van der Waals surface area (Å²) in [5, 5.41) is 6.19. The van der Waals surface area contributed by atoms with E-state index in [4.69, 9.17) is 4.74 Å². The van der Waals surface area contributed by atoms with Crippen LogP contribution in [0.4, 0.5) is 5.13 Å². The van der Waals surface area contributed by atoms with Crippen molar-refractivity contribution in [1.82, 2.24) is 9.55 Å². The molecule has 1 amide bonds. The molecule has 2 aromatic heterocycles. The SMILES string of the molecule is Cn1ccc2c(OCC(=O)Nc3nccs3)cccc2c1=O. The molecule has 2 heterocycles. The van der Waals surface area contributed by atoms with Crippen LogP contribution >= 0.6 is 11.3 Å². The van der Waals surface area contributed by atoms with Crippen LogP contribution in [0.15, 0.2) is 46.8 Å². The molecule has 0 unspecified atom stereocenters. The maximum atomic E-state index is 12.1. The van der Waals surface area contributed by atoms with Crippen LogP contribution < -0.4 is 15.6 Å². The van der Waals surface area contributed by atoms with Gasteiger partial charge >= 0.3 is 0 Å². The molecule has 0 aliphatic rings. The molecule has 0 aliphatic carbocycles. The number of amides is 1. The molecule has 112 valence electrons. The van der Waals surface area contributed by atoms with Crippen LogP contribution in [0.2, 0.25) is 0 Å². The summed E-state index contributed by atoms with van der Waals surface area (Å²) in [4.78, 5) is 27.8. The maximum Gasteiger partial charge on any atom is 0.264 e. The third kappa shape index (κ3) is 2.84. The van der Waals surface area contributed by atoms with E-state index >= 15 is 0 Å². The van der Waals surface area contributed by atoms with Gasteiger partial charge in [-0.3, -0.25) is 14.9 Å². The summed E-state index contributed by atoms with van der Waals surface area (Å²) in [5.41, 5.74) is -0.102. The summed E-state index contributed by atoms with van der Waals surface area (Å²) >= 11 is 1.34. The Morgan fingerprint density at radius 1 is 1.36 bits per heavy atom. The van der Waals surface area contributed by atoms with Crippen molar-refractivity contribution in [3.05, 3.63) is 52.4 Å². The summed E-state index contributed by atoms with van der Waals surface area (Å²) in [6.07, 6.45) is 3.29. The highest BCUT2D eigenvalue weighted by atomic mass is 32.1. The standard InChI is InChI=1S/C15H13N3O3S/c1-18-7-5-10-11(14(18)20)3-2-4-12(10)21-9-13(19)17-15-16-6-8-22-15/h2-8H,9H2,1H3,(H,16,17,19). The Labute approximate surface area is 130 Å². The Kier molecular flexibility index (Phi) is 3.88. The quantitative estimate of drug-likeness (QED) is 0.799. The predicted octanol–water partition coefficient (Wildman–Crippen LogP) is 2.01. The zero-order valence-corrected chi connectivity index (χ0v) is 12.6. The van der Waals surface area contributed by atoms with Crippen LogP contribution in [-0.4, -0.2) is 22.1 Å². The number of nitrogens with zero attached hydrogens (tertiary/aromatic N) is 2. The number of aromatic nitrogens is 2. The average molecular weight is 315 g/mol. The first kappa shape index (κ1) is 14.3. The Hall–Kier alpha value is -2.67. The second-order valence-corrected chi connectivity index (χ2v) is 5.52. The molecule has 7 heteroatoms. The molecule has 1 N–H and O–H groups in total. The van der Waals surface area contributed by atoms with Crippen LogP contribution in [0.3, 0.4) is 0 Å². The first-order valence-electron chi connectivity index (χ1n) is 6.55. The highest BCUT2D eigenvalue weighted by Crippen LogP contribution is 2.23. The molecule has 0 aliphatic heterocycles. The molecular formula is C15H13N3O3S. The topological polar surface area (TPSA) is 73.2 Å². The number of thiazole rings is 1. The summed E-state index contributed by atoms with van der Waals surface area (Å²) in [6, 6.07) is 7.00. The van der Waals surface area contributed by atoms with Crippen LogP contribution in [-0.2, 0) is 11.8 Å². The number of carbonyl (C=O) groups is 1. The molecule has 0 atom stereocenters. The van der Waals surface area contributed by atoms with Gasteiger partial charge in [-0.05, 0) is 18.2 Å². The van der Waals surface area contributed by atoms with Gasteiger partial charge in [0.1, 0.15) is 5.75 Å². The fraction of sp³-hybridized carbons (Fsp3) is 0.133. The van der Waals surface area contributed by atoms with Gasteiger partial charge in [-0.1, -0.05) is 6.07 Å². The van der Waals surface area contributed by atoms with E-state index < -0.39 is 0 Å². The van der Waals surface area contributed by atoms with Gasteiger partial charge in [-0.25, -0.2) is 4.98 Å².